The summed E-state index contributed by atoms with van der Waals surface area (Å²) < 4.78 is 20.9. The van der Waals surface area contributed by atoms with Crippen LogP contribution in [-0.4, -0.2) is 18.7 Å². The zero-order chi connectivity index (χ0) is 11.4. The maximum atomic E-state index is 10.4. The predicted octanol–water partition coefficient (Wildman–Crippen LogP) is 1.52. The zero-order valence-electron chi connectivity index (χ0n) is 8.37. The molecule has 1 atom stereocenters. The van der Waals surface area contributed by atoms with Gasteiger partial charge in [0.25, 0.3) is 0 Å². The second-order valence-electron chi connectivity index (χ2n) is 3.20. The zero-order valence-corrected chi connectivity index (χ0v) is 9.18. The van der Waals surface area contributed by atoms with Gasteiger partial charge in [0.1, 0.15) is 5.82 Å². The summed E-state index contributed by atoms with van der Waals surface area (Å²) in [5.74, 6) is 0.169. The molecule has 0 aliphatic rings. The highest BCUT2D eigenvalue weighted by Crippen LogP contribution is 2.16. The molecule has 16 heavy (non-hydrogen) atoms. The summed E-state index contributed by atoms with van der Waals surface area (Å²) in [7, 11) is 0. The van der Waals surface area contributed by atoms with Crippen LogP contribution in [0.25, 0.3) is 11.1 Å². The van der Waals surface area contributed by atoms with Crippen molar-refractivity contribution in [2.45, 2.75) is 5.75 Å². The first-order valence-corrected chi connectivity index (χ1v) is 5.92. The molecule has 0 aliphatic carbocycles. The van der Waals surface area contributed by atoms with Crippen molar-refractivity contribution in [2.24, 2.45) is 0 Å². The molecule has 0 saturated heterocycles. The van der Waals surface area contributed by atoms with E-state index >= 15 is 0 Å². The third-order valence-electron chi connectivity index (χ3n) is 2.06. The molecular formula is C11H9N2O2S-. The van der Waals surface area contributed by atoms with Gasteiger partial charge >= 0.3 is 0 Å². The van der Waals surface area contributed by atoms with Gasteiger partial charge in [0.05, 0.1) is 5.75 Å². The SMILES string of the molecule is O=S([O-])Cc1ncc(-c2ccccc2)cn1. The molecule has 1 aromatic carbocycles. The molecule has 0 radical (unpaired) electrons. The minimum absolute atomic E-state index is 0.144. The van der Waals surface area contributed by atoms with Crippen molar-refractivity contribution in [1.82, 2.24) is 9.97 Å². The smallest absolute Gasteiger partial charge is 0.139 e. The van der Waals surface area contributed by atoms with Gasteiger partial charge in [0.15, 0.2) is 0 Å². The van der Waals surface area contributed by atoms with Gasteiger partial charge in [0.2, 0.25) is 0 Å². The lowest BCUT2D eigenvalue weighted by Gasteiger charge is -2.04. The van der Waals surface area contributed by atoms with Crippen LogP contribution in [0.5, 0.6) is 0 Å². The number of hydrogen-bond acceptors (Lipinski definition) is 4. The van der Waals surface area contributed by atoms with E-state index in [-0.39, 0.29) is 5.75 Å². The van der Waals surface area contributed by atoms with Crippen molar-refractivity contribution in [2.75, 3.05) is 0 Å². The first-order valence-electron chi connectivity index (χ1n) is 4.68. The van der Waals surface area contributed by atoms with Crippen LogP contribution in [0.2, 0.25) is 0 Å². The Labute approximate surface area is 95.7 Å². The lowest BCUT2D eigenvalue weighted by atomic mass is 10.1. The maximum absolute atomic E-state index is 10.4. The van der Waals surface area contributed by atoms with Crippen LogP contribution >= 0.6 is 0 Å². The molecule has 1 unspecified atom stereocenters. The van der Waals surface area contributed by atoms with Crippen molar-refractivity contribution in [3.8, 4) is 11.1 Å². The molecule has 0 saturated carbocycles. The Morgan fingerprint density at radius 3 is 2.25 bits per heavy atom. The molecule has 2 aromatic rings. The Morgan fingerprint density at radius 1 is 1.06 bits per heavy atom. The number of rotatable bonds is 3. The minimum Gasteiger partial charge on any atom is -0.772 e. The van der Waals surface area contributed by atoms with Crippen molar-refractivity contribution >= 4 is 11.1 Å². The first-order chi connectivity index (χ1) is 7.75. The lowest BCUT2D eigenvalue weighted by molar-refractivity contribution is 0.535. The molecule has 0 spiro atoms. The van der Waals surface area contributed by atoms with Gasteiger partial charge in [-0.25, -0.2) is 9.97 Å². The monoisotopic (exact) mass is 233 g/mol. The van der Waals surface area contributed by atoms with Crippen molar-refractivity contribution in [1.29, 1.82) is 0 Å². The second-order valence-corrected chi connectivity index (χ2v) is 4.10. The fourth-order valence-corrected chi connectivity index (χ4v) is 1.67. The van der Waals surface area contributed by atoms with E-state index in [1.165, 1.54) is 0 Å². The first kappa shape index (κ1) is 10.9. The van der Waals surface area contributed by atoms with Crippen molar-refractivity contribution in [3.05, 3.63) is 48.5 Å². The molecule has 2 rings (SSSR count). The van der Waals surface area contributed by atoms with Crippen molar-refractivity contribution < 1.29 is 8.76 Å². The fourth-order valence-electron chi connectivity index (χ4n) is 1.31. The number of aromatic nitrogens is 2. The van der Waals surface area contributed by atoms with Gasteiger partial charge in [-0.3, -0.25) is 4.21 Å². The molecular weight excluding hydrogens is 224 g/mol. The quantitative estimate of drug-likeness (QED) is 0.754. The third-order valence-corrected chi connectivity index (χ3v) is 2.55. The highest BCUT2D eigenvalue weighted by molar-refractivity contribution is 7.78. The van der Waals surface area contributed by atoms with E-state index in [0.717, 1.165) is 11.1 Å². The minimum atomic E-state index is -2.14. The van der Waals surface area contributed by atoms with Gasteiger partial charge in [-0.15, -0.1) is 0 Å². The van der Waals surface area contributed by atoms with Gasteiger partial charge in [-0.1, -0.05) is 30.3 Å². The number of hydrogen-bond donors (Lipinski definition) is 0. The average molecular weight is 233 g/mol. The van der Waals surface area contributed by atoms with E-state index in [2.05, 4.69) is 9.97 Å². The van der Waals surface area contributed by atoms with E-state index in [1.54, 1.807) is 12.4 Å². The summed E-state index contributed by atoms with van der Waals surface area (Å²) in [6.07, 6.45) is 3.26. The number of benzene rings is 1. The molecule has 0 fully saturated rings. The molecule has 1 heterocycles. The summed E-state index contributed by atoms with van der Waals surface area (Å²) in [6.45, 7) is 0. The molecule has 5 heteroatoms. The Kier molecular flexibility index (Phi) is 3.38. The largest absolute Gasteiger partial charge is 0.772 e. The molecule has 0 amide bonds. The Hall–Kier alpha value is -1.59. The summed E-state index contributed by atoms with van der Waals surface area (Å²) in [5.41, 5.74) is 1.89. The standard InChI is InChI=1S/C11H10N2O2S/c14-16(15)8-11-12-6-10(7-13-11)9-4-2-1-3-5-9/h1-7H,8H2,(H,14,15)/p-1. The Morgan fingerprint density at radius 2 is 1.69 bits per heavy atom. The summed E-state index contributed by atoms with van der Waals surface area (Å²) in [6, 6.07) is 9.68. The normalized spacial score (nSPS) is 12.3. The van der Waals surface area contributed by atoms with Crippen LogP contribution in [0, 0.1) is 0 Å². The summed E-state index contributed by atoms with van der Waals surface area (Å²) >= 11 is -2.14. The lowest BCUT2D eigenvalue weighted by Crippen LogP contribution is -1.99. The van der Waals surface area contributed by atoms with E-state index in [0.29, 0.717) is 5.82 Å². The van der Waals surface area contributed by atoms with Gasteiger partial charge in [-0.05, 0) is 16.6 Å². The third kappa shape index (κ3) is 2.71. The molecule has 0 aliphatic heterocycles. The summed E-state index contributed by atoms with van der Waals surface area (Å²) in [4.78, 5) is 7.98. The van der Waals surface area contributed by atoms with Crippen LogP contribution in [0.15, 0.2) is 42.7 Å². The highest BCUT2D eigenvalue weighted by Gasteiger charge is 1.99. The van der Waals surface area contributed by atoms with Gasteiger partial charge < -0.3 is 4.55 Å². The molecule has 1 aromatic heterocycles. The van der Waals surface area contributed by atoms with Gasteiger partial charge in [-0.2, -0.15) is 0 Å². The Balaban J connectivity index is 2.23. The van der Waals surface area contributed by atoms with E-state index in [9.17, 15) is 8.76 Å². The van der Waals surface area contributed by atoms with E-state index in [4.69, 9.17) is 0 Å². The molecule has 0 N–H and O–H groups in total. The number of nitrogens with zero attached hydrogens (tertiary/aromatic N) is 2. The van der Waals surface area contributed by atoms with Crippen molar-refractivity contribution in [3.63, 3.8) is 0 Å². The maximum Gasteiger partial charge on any atom is 0.139 e. The van der Waals surface area contributed by atoms with Crippen LogP contribution in [-0.2, 0) is 16.8 Å². The molecule has 0 bridgehead atoms. The average Bonchev–Trinajstić information content (AvgIpc) is 2.30. The Bertz CT molecular complexity index is 485. The van der Waals surface area contributed by atoms with Crippen LogP contribution in [0.3, 0.4) is 0 Å². The van der Waals surface area contributed by atoms with Gasteiger partial charge in [0, 0.05) is 18.0 Å². The predicted molar refractivity (Wildman–Crippen MR) is 60.1 cm³/mol. The van der Waals surface area contributed by atoms with E-state index < -0.39 is 11.1 Å². The second kappa shape index (κ2) is 4.96. The molecule has 4 nitrogen and oxygen atoms in total. The highest BCUT2D eigenvalue weighted by atomic mass is 32.2. The molecule has 82 valence electrons. The van der Waals surface area contributed by atoms with E-state index in [1.807, 2.05) is 30.3 Å². The van der Waals surface area contributed by atoms with Crippen LogP contribution < -0.4 is 0 Å². The van der Waals surface area contributed by atoms with Crippen LogP contribution in [0.4, 0.5) is 0 Å². The topological polar surface area (TPSA) is 65.9 Å². The van der Waals surface area contributed by atoms with Crippen LogP contribution in [0.1, 0.15) is 5.82 Å². The summed E-state index contributed by atoms with van der Waals surface area (Å²) in [5, 5.41) is 0. The fraction of sp³-hybridized carbons (Fsp3) is 0.0909.